The number of rotatable bonds is 3. The van der Waals surface area contributed by atoms with Gasteiger partial charge in [-0.05, 0) is 6.92 Å². The van der Waals surface area contributed by atoms with Crippen molar-refractivity contribution in [2.75, 3.05) is 13.1 Å². The number of ether oxygens (including phenoxy) is 1. The van der Waals surface area contributed by atoms with Crippen molar-refractivity contribution < 1.29 is 4.74 Å². The topological polar surface area (TPSA) is 47.0 Å². The summed E-state index contributed by atoms with van der Waals surface area (Å²) in [5.41, 5.74) is 0. The van der Waals surface area contributed by atoms with Crippen LogP contribution in [0.1, 0.15) is 10.0 Å². The molecule has 1 N–H and O–H groups in total. The zero-order valence-electron chi connectivity index (χ0n) is 6.91. The summed E-state index contributed by atoms with van der Waals surface area (Å²) < 4.78 is 5.52. The summed E-state index contributed by atoms with van der Waals surface area (Å²) in [4.78, 5) is 0. The second-order valence-corrected chi connectivity index (χ2v) is 4.07. The van der Waals surface area contributed by atoms with Crippen molar-refractivity contribution >= 4 is 11.3 Å². The molecule has 5 heteroatoms. The third kappa shape index (κ3) is 1.80. The third-order valence-corrected chi connectivity index (χ3v) is 2.57. The van der Waals surface area contributed by atoms with Crippen LogP contribution in [-0.2, 0) is 11.3 Å². The molecule has 2 rings (SSSR count). The molecule has 1 aromatic heterocycles. The van der Waals surface area contributed by atoms with Crippen molar-refractivity contribution in [2.45, 2.75) is 19.6 Å². The van der Waals surface area contributed by atoms with Crippen LogP contribution < -0.4 is 5.32 Å². The summed E-state index contributed by atoms with van der Waals surface area (Å²) in [5, 5.41) is 13.0. The number of hydrogen-bond acceptors (Lipinski definition) is 5. The van der Waals surface area contributed by atoms with Gasteiger partial charge in [-0.3, -0.25) is 0 Å². The molecule has 1 fully saturated rings. The Labute approximate surface area is 75.0 Å². The van der Waals surface area contributed by atoms with Gasteiger partial charge in [0.2, 0.25) is 0 Å². The highest BCUT2D eigenvalue weighted by Gasteiger charge is 2.17. The Morgan fingerprint density at radius 2 is 2.42 bits per heavy atom. The minimum absolute atomic E-state index is 0.384. The van der Waals surface area contributed by atoms with Crippen LogP contribution in [0.5, 0.6) is 0 Å². The second kappa shape index (κ2) is 3.47. The molecular formula is C7H11N3OS. The van der Waals surface area contributed by atoms with E-state index < -0.39 is 0 Å². The van der Waals surface area contributed by atoms with E-state index in [1.54, 1.807) is 11.3 Å². The van der Waals surface area contributed by atoms with Gasteiger partial charge in [0.25, 0.3) is 0 Å². The molecule has 0 bridgehead atoms. The van der Waals surface area contributed by atoms with E-state index in [-0.39, 0.29) is 0 Å². The number of aryl methyl sites for hydroxylation is 1. The molecule has 0 saturated carbocycles. The number of aromatic nitrogens is 2. The molecule has 1 aliphatic rings. The first kappa shape index (κ1) is 8.10. The van der Waals surface area contributed by atoms with Crippen LogP contribution in [-0.4, -0.2) is 29.4 Å². The van der Waals surface area contributed by atoms with Crippen molar-refractivity contribution in [3.63, 3.8) is 0 Å². The van der Waals surface area contributed by atoms with Crippen LogP contribution in [0.25, 0.3) is 0 Å². The van der Waals surface area contributed by atoms with E-state index in [1.165, 1.54) is 0 Å². The predicted octanol–water partition coefficient (Wildman–Crippen LogP) is 0.335. The van der Waals surface area contributed by atoms with Gasteiger partial charge in [0.05, 0.1) is 6.10 Å². The summed E-state index contributed by atoms with van der Waals surface area (Å²) in [5.74, 6) is 0. The zero-order valence-corrected chi connectivity index (χ0v) is 7.73. The average molecular weight is 185 g/mol. The molecule has 1 aliphatic heterocycles. The van der Waals surface area contributed by atoms with Gasteiger partial charge in [0.1, 0.15) is 16.6 Å². The first-order valence-electron chi connectivity index (χ1n) is 3.96. The summed E-state index contributed by atoms with van der Waals surface area (Å²) in [6, 6.07) is 0. The van der Waals surface area contributed by atoms with Crippen molar-refractivity contribution in [3.8, 4) is 0 Å². The lowest BCUT2D eigenvalue weighted by molar-refractivity contribution is 0.00729. The smallest absolute Gasteiger partial charge is 0.143 e. The molecule has 0 unspecified atom stereocenters. The van der Waals surface area contributed by atoms with Crippen molar-refractivity contribution in [1.29, 1.82) is 0 Å². The molecule has 0 radical (unpaired) electrons. The fraction of sp³-hybridized carbons (Fsp3) is 0.714. The van der Waals surface area contributed by atoms with Crippen LogP contribution in [0, 0.1) is 6.92 Å². The van der Waals surface area contributed by atoms with E-state index in [1.807, 2.05) is 6.92 Å². The Hall–Kier alpha value is -0.520. The van der Waals surface area contributed by atoms with Gasteiger partial charge < -0.3 is 10.1 Å². The van der Waals surface area contributed by atoms with Gasteiger partial charge in [0, 0.05) is 13.1 Å². The van der Waals surface area contributed by atoms with Crippen LogP contribution >= 0.6 is 11.3 Å². The summed E-state index contributed by atoms with van der Waals surface area (Å²) in [6.07, 6.45) is 0.384. The number of nitrogens with one attached hydrogen (secondary N) is 1. The van der Waals surface area contributed by atoms with Crippen molar-refractivity contribution in [1.82, 2.24) is 15.5 Å². The SMILES string of the molecule is Cc1nnc(COC2CNC2)s1. The van der Waals surface area contributed by atoms with Gasteiger partial charge in [-0.2, -0.15) is 0 Å². The normalized spacial score (nSPS) is 17.8. The molecule has 66 valence electrons. The maximum absolute atomic E-state index is 5.52. The maximum atomic E-state index is 5.52. The molecule has 2 heterocycles. The number of hydrogen-bond donors (Lipinski definition) is 1. The van der Waals surface area contributed by atoms with Gasteiger partial charge in [-0.15, -0.1) is 10.2 Å². The molecule has 0 atom stereocenters. The lowest BCUT2D eigenvalue weighted by Gasteiger charge is -2.26. The summed E-state index contributed by atoms with van der Waals surface area (Å²) >= 11 is 1.60. The molecule has 4 nitrogen and oxygen atoms in total. The van der Waals surface area contributed by atoms with E-state index in [2.05, 4.69) is 15.5 Å². The summed E-state index contributed by atoms with van der Waals surface area (Å²) in [7, 11) is 0. The standard InChI is InChI=1S/C7H11N3OS/c1-5-9-10-7(12-5)4-11-6-2-8-3-6/h6,8H,2-4H2,1H3. The lowest BCUT2D eigenvalue weighted by atomic mass is 10.2. The van der Waals surface area contributed by atoms with Gasteiger partial charge >= 0.3 is 0 Å². The predicted molar refractivity (Wildman–Crippen MR) is 46.1 cm³/mol. The van der Waals surface area contributed by atoms with Crippen LogP contribution in [0.3, 0.4) is 0 Å². The molecule has 1 aromatic rings. The Balaban J connectivity index is 1.79. The minimum Gasteiger partial charge on any atom is -0.368 e. The highest BCUT2D eigenvalue weighted by molar-refractivity contribution is 7.11. The van der Waals surface area contributed by atoms with Crippen LogP contribution in [0.15, 0.2) is 0 Å². The van der Waals surface area contributed by atoms with E-state index in [0.29, 0.717) is 12.7 Å². The Morgan fingerprint density at radius 3 is 2.92 bits per heavy atom. The Morgan fingerprint density at radius 1 is 1.58 bits per heavy atom. The Kier molecular flexibility index (Phi) is 2.34. The average Bonchev–Trinajstić information content (AvgIpc) is 2.32. The van der Waals surface area contributed by atoms with Gasteiger partial charge in [0.15, 0.2) is 0 Å². The first-order chi connectivity index (χ1) is 5.84. The maximum Gasteiger partial charge on any atom is 0.143 e. The lowest BCUT2D eigenvalue weighted by Crippen LogP contribution is -2.48. The molecule has 12 heavy (non-hydrogen) atoms. The zero-order chi connectivity index (χ0) is 8.39. The van der Waals surface area contributed by atoms with Gasteiger partial charge in [-0.25, -0.2) is 0 Å². The second-order valence-electron chi connectivity index (χ2n) is 2.81. The van der Waals surface area contributed by atoms with E-state index in [9.17, 15) is 0 Å². The summed E-state index contributed by atoms with van der Waals surface area (Å²) in [6.45, 7) is 4.50. The van der Waals surface area contributed by atoms with E-state index >= 15 is 0 Å². The van der Waals surface area contributed by atoms with E-state index in [0.717, 1.165) is 23.1 Å². The van der Waals surface area contributed by atoms with Crippen LogP contribution in [0.4, 0.5) is 0 Å². The minimum atomic E-state index is 0.384. The molecule has 0 aliphatic carbocycles. The fourth-order valence-electron chi connectivity index (χ4n) is 0.965. The highest BCUT2D eigenvalue weighted by Crippen LogP contribution is 2.10. The van der Waals surface area contributed by atoms with Crippen molar-refractivity contribution in [3.05, 3.63) is 10.0 Å². The fourth-order valence-corrected chi connectivity index (χ4v) is 1.60. The quantitative estimate of drug-likeness (QED) is 0.737. The first-order valence-corrected chi connectivity index (χ1v) is 4.77. The monoisotopic (exact) mass is 185 g/mol. The molecule has 1 saturated heterocycles. The van der Waals surface area contributed by atoms with Crippen molar-refractivity contribution in [2.24, 2.45) is 0 Å². The largest absolute Gasteiger partial charge is 0.368 e. The van der Waals surface area contributed by atoms with E-state index in [4.69, 9.17) is 4.74 Å². The molecule has 0 amide bonds. The molecular weight excluding hydrogens is 174 g/mol. The van der Waals surface area contributed by atoms with Crippen LogP contribution in [0.2, 0.25) is 0 Å². The third-order valence-electron chi connectivity index (χ3n) is 1.75. The molecule has 0 aromatic carbocycles. The highest BCUT2D eigenvalue weighted by atomic mass is 32.1. The number of nitrogens with zero attached hydrogens (tertiary/aromatic N) is 2. The Bertz CT molecular complexity index is 259. The molecule has 0 spiro atoms. The van der Waals surface area contributed by atoms with Gasteiger partial charge in [-0.1, -0.05) is 11.3 Å².